The van der Waals surface area contributed by atoms with Crippen LogP contribution in [0.1, 0.15) is 32.6 Å². The van der Waals surface area contributed by atoms with Gasteiger partial charge in [0, 0.05) is 46.3 Å². The predicted molar refractivity (Wildman–Crippen MR) is 103 cm³/mol. The maximum Gasteiger partial charge on any atom is 0.0737 e. The number of benzene rings is 1. The van der Waals surface area contributed by atoms with Gasteiger partial charge >= 0.3 is 0 Å². The second-order valence-electron chi connectivity index (χ2n) is 7.90. The van der Waals surface area contributed by atoms with E-state index in [0.717, 1.165) is 41.4 Å². The van der Waals surface area contributed by atoms with Crippen LogP contribution >= 0.6 is 11.6 Å². The van der Waals surface area contributed by atoms with Gasteiger partial charge in [-0.05, 0) is 49.9 Å². The number of rotatable bonds is 5. The van der Waals surface area contributed by atoms with Gasteiger partial charge in [0.1, 0.15) is 0 Å². The molecule has 1 aromatic heterocycles. The van der Waals surface area contributed by atoms with Gasteiger partial charge in [-0.25, -0.2) is 0 Å². The Hall–Kier alpha value is -1.36. The molecule has 2 heterocycles. The van der Waals surface area contributed by atoms with Crippen LogP contribution in [0.4, 0.5) is 5.69 Å². The van der Waals surface area contributed by atoms with E-state index in [1.165, 1.54) is 25.7 Å². The second kappa shape index (κ2) is 7.10. The minimum Gasteiger partial charge on any atom is -0.382 e. The summed E-state index contributed by atoms with van der Waals surface area (Å²) < 4.78 is 5.34. The Labute approximate surface area is 154 Å². The zero-order valence-electron chi connectivity index (χ0n) is 14.7. The first-order chi connectivity index (χ1) is 12.1. The number of aromatic nitrogens is 1. The number of halogens is 1. The molecule has 1 aliphatic heterocycles. The lowest BCUT2D eigenvalue weighted by atomic mass is 9.86. The number of fused-ring (bicyclic) bond motifs is 1. The van der Waals surface area contributed by atoms with Gasteiger partial charge in [0.15, 0.2) is 0 Å². The lowest BCUT2D eigenvalue weighted by Gasteiger charge is -2.40. The number of ether oxygens (including phenoxy) is 1. The predicted octanol–water partition coefficient (Wildman–Crippen LogP) is 4.24. The first-order valence-electron chi connectivity index (χ1n) is 9.23. The van der Waals surface area contributed by atoms with Crippen LogP contribution in [0.15, 0.2) is 30.5 Å². The van der Waals surface area contributed by atoms with Crippen LogP contribution in [0.25, 0.3) is 10.9 Å². The number of hydrogen-bond acceptors (Lipinski definition) is 4. The Balaban J connectivity index is 1.33. The molecule has 0 amide bonds. The topological polar surface area (TPSA) is 46.2 Å². The first-order valence-corrected chi connectivity index (χ1v) is 9.61. The largest absolute Gasteiger partial charge is 0.382 e. The molecule has 1 saturated carbocycles. The van der Waals surface area contributed by atoms with Crippen LogP contribution in [0.5, 0.6) is 0 Å². The lowest BCUT2D eigenvalue weighted by Crippen LogP contribution is -2.50. The Bertz CT molecular complexity index is 739. The van der Waals surface area contributed by atoms with Gasteiger partial charge in [-0.3, -0.25) is 4.98 Å². The third-order valence-corrected chi connectivity index (χ3v) is 5.75. The molecule has 0 spiro atoms. The third-order valence-electron chi connectivity index (χ3n) is 5.51. The Kier molecular flexibility index (Phi) is 4.85. The summed E-state index contributed by atoms with van der Waals surface area (Å²) in [6, 6.07) is 9.15. The van der Waals surface area contributed by atoms with E-state index in [0.29, 0.717) is 17.5 Å². The number of nitrogens with one attached hydrogen (secondary N) is 2. The molecule has 1 aromatic carbocycles. The normalized spacial score (nSPS) is 25.5. The molecular formula is C20H26ClN3O. The quantitative estimate of drug-likeness (QED) is 0.838. The fourth-order valence-electron chi connectivity index (χ4n) is 3.85. The SMILES string of the molecule is CC1(CN[C@H]2CC[C@@H](Nc3ccnc4cc(Cl)ccc34)CC2)COC1. The van der Waals surface area contributed by atoms with Crippen molar-refractivity contribution in [3.63, 3.8) is 0 Å². The molecule has 4 nitrogen and oxygen atoms in total. The minimum atomic E-state index is 0.353. The van der Waals surface area contributed by atoms with Gasteiger partial charge < -0.3 is 15.4 Å². The second-order valence-corrected chi connectivity index (χ2v) is 8.33. The summed E-state index contributed by atoms with van der Waals surface area (Å²) in [5.41, 5.74) is 2.47. The highest BCUT2D eigenvalue weighted by Gasteiger charge is 2.34. The van der Waals surface area contributed by atoms with Crippen molar-refractivity contribution < 1.29 is 4.74 Å². The Morgan fingerprint density at radius 1 is 1.16 bits per heavy atom. The zero-order chi connectivity index (χ0) is 17.3. The number of pyridine rings is 1. The summed E-state index contributed by atoms with van der Waals surface area (Å²) in [6.45, 7) is 5.18. The van der Waals surface area contributed by atoms with Crippen LogP contribution in [-0.4, -0.2) is 36.8 Å². The van der Waals surface area contributed by atoms with E-state index >= 15 is 0 Å². The molecule has 1 saturated heterocycles. The van der Waals surface area contributed by atoms with Gasteiger partial charge in [-0.1, -0.05) is 18.5 Å². The molecule has 0 radical (unpaired) electrons. The van der Waals surface area contributed by atoms with Gasteiger partial charge in [0.05, 0.1) is 18.7 Å². The van der Waals surface area contributed by atoms with Crippen molar-refractivity contribution in [3.05, 3.63) is 35.5 Å². The standard InChI is InChI=1S/C20H26ClN3O/c1-20(12-25-13-20)11-23-15-3-5-16(6-4-15)24-18-8-9-22-19-10-14(21)2-7-17(18)19/h2,7-10,15-16,23H,3-6,11-13H2,1H3,(H,22,24)/t15-,16+. The van der Waals surface area contributed by atoms with Crippen molar-refractivity contribution >= 4 is 28.2 Å². The van der Waals surface area contributed by atoms with Crippen LogP contribution in [0.2, 0.25) is 5.02 Å². The van der Waals surface area contributed by atoms with Crippen molar-refractivity contribution in [1.29, 1.82) is 0 Å². The monoisotopic (exact) mass is 359 g/mol. The van der Waals surface area contributed by atoms with Crippen molar-refractivity contribution in [2.45, 2.75) is 44.7 Å². The molecule has 1 aliphatic carbocycles. The number of anilines is 1. The van der Waals surface area contributed by atoms with E-state index in [1.807, 2.05) is 18.3 Å². The van der Waals surface area contributed by atoms with Crippen molar-refractivity contribution in [1.82, 2.24) is 10.3 Å². The maximum absolute atomic E-state index is 6.08. The fourth-order valence-corrected chi connectivity index (χ4v) is 4.02. The molecule has 0 bridgehead atoms. The fraction of sp³-hybridized carbons (Fsp3) is 0.550. The minimum absolute atomic E-state index is 0.353. The number of nitrogens with zero attached hydrogens (tertiary/aromatic N) is 1. The molecule has 134 valence electrons. The molecule has 2 N–H and O–H groups in total. The Morgan fingerprint density at radius 3 is 2.64 bits per heavy atom. The van der Waals surface area contributed by atoms with Crippen LogP contribution < -0.4 is 10.6 Å². The van der Waals surface area contributed by atoms with Crippen molar-refractivity contribution in [2.24, 2.45) is 5.41 Å². The smallest absolute Gasteiger partial charge is 0.0737 e. The molecule has 2 aliphatic rings. The zero-order valence-corrected chi connectivity index (χ0v) is 15.5. The Morgan fingerprint density at radius 2 is 1.92 bits per heavy atom. The van der Waals surface area contributed by atoms with E-state index in [4.69, 9.17) is 16.3 Å². The third kappa shape index (κ3) is 3.91. The molecule has 25 heavy (non-hydrogen) atoms. The van der Waals surface area contributed by atoms with Gasteiger partial charge in [0.2, 0.25) is 0 Å². The molecule has 0 unspecified atom stereocenters. The molecule has 0 atom stereocenters. The summed E-state index contributed by atoms with van der Waals surface area (Å²) in [6.07, 6.45) is 6.70. The summed E-state index contributed by atoms with van der Waals surface area (Å²) >= 11 is 6.08. The van der Waals surface area contributed by atoms with Crippen LogP contribution in [-0.2, 0) is 4.74 Å². The first kappa shape index (κ1) is 17.1. The highest BCUT2D eigenvalue weighted by molar-refractivity contribution is 6.31. The average molecular weight is 360 g/mol. The van der Waals surface area contributed by atoms with Gasteiger partial charge in [-0.15, -0.1) is 0 Å². The lowest BCUT2D eigenvalue weighted by molar-refractivity contribution is -0.100. The summed E-state index contributed by atoms with van der Waals surface area (Å²) in [5.74, 6) is 0. The summed E-state index contributed by atoms with van der Waals surface area (Å²) in [4.78, 5) is 4.42. The molecule has 2 aromatic rings. The van der Waals surface area contributed by atoms with E-state index in [9.17, 15) is 0 Å². The summed E-state index contributed by atoms with van der Waals surface area (Å²) in [7, 11) is 0. The maximum atomic E-state index is 6.08. The van der Waals surface area contributed by atoms with Crippen LogP contribution in [0.3, 0.4) is 0 Å². The molecular weight excluding hydrogens is 334 g/mol. The highest BCUT2D eigenvalue weighted by atomic mass is 35.5. The number of hydrogen-bond donors (Lipinski definition) is 2. The molecule has 4 rings (SSSR count). The summed E-state index contributed by atoms with van der Waals surface area (Å²) in [5, 5.41) is 9.35. The van der Waals surface area contributed by atoms with E-state index in [2.05, 4.69) is 34.7 Å². The highest BCUT2D eigenvalue weighted by Crippen LogP contribution is 2.29. The van der Waals surface area contributed by atoms with E-state index in [-0.39, 0.29) is 0 Å². The van der Waals surface area contributed by atoms with E-state index < -0.39 is 0 Å². The van der Waals surface area contributed by atoms with E-state index in [1.54, 1.807) is 0 Å². The van der Waals surface area contributed by atoms with Crippen molar-refractivity contribution in [2.75, 3.05) is 25.1 Å². The van der Waals surface area contributed by atoms with Crippen LogP contribution in [0, 0.1) is 5.41 Å². The van der Waals surface area contributed by atoms with Crippen molar-refractivity contribution in [3.8, 4) is 0 Å². The molecule has 5 heteroatoms. The molecule has 2 fully saturated rings. The average Bonchev–Trinajstić information content (AvgIpc) is 2.59. The van der Waals surface area contributed by atoms with Gasteiger partial charge in [0.25, 0.3) is 0 Å². The van der Waals surface area contributed by atoms with Gasteiger partial charge in [-0.2, -0.15) is 0 Å².